The second kappa shape index (κ2) is 10.7. The molecular formula is C26H29N3O5S. The molecule has 2 amide bonds. The van der Waals surface area contributed by atoms with Gasteiger partial charge in [-0.1, -0.05) is 48.5 Å². The lowest BCUT2D eigenvalue weighted by atomic mass is 9.88. The fourth-order valence-electron chi connectivity index (χ4n) is 4.29. The lowest BCUT2D eigenvalue weighted by Crippen LogP contribution is -2.47. The van der Waals surface area contributed by atoms with E-state index in [0.717, 1.165) is 16.7 Å². The third kappa shape index (κ3) is 5.68. The van der Waals surface area contributed by atoms with Crippen molar-refractivity contribution in [3.05, 3.63) is 89.5 Å². The molecule has 9 heteroatoms. The van der Waals surface area contributed by atoms with Gasteiger partial charge >= 0.3 is 6.03 Å². The highest BCUT2D eigenvalue weighted by Gasteiger charge is 2.33. The summed E-state index contributed by atoms with van der Waals surface area (Å²) in [6.07, 6.45) is 0.639. The maximum atomic E-state index is 13.3. The van der Waals surface area contributed by atoms with Crippen molar-refractivity contribution in [2.75, 3.05) is 37.8 Å². The van der Waals surface area contributed by atoms with Gasteiger partial charge in [-0.05, 0) is 47.4 Å². The average Bonchev–Trinajstić information content (AvgIpc) is 2.87. The molecule has 184 valence electrons. The van der Waals surface area contributed by atoms with Gasteiger partial charge in [0, 0.05) is 18.8 Å². The van der Waals surface area contributed by atoms with Crippen molar-refractivity contribution in [1.29, 1.82) is 0 Å². The topological polar surface area (TPSA) is 97.0 Å². The van der Waals surface area contributed by atoms with Crippen molar-refractivity contribution < 1.29 is 22.7 Å². The van der Waals surface area contributed by atoms with E-state index in [1.807, 2.05) is 48.5 Å². The Morgan fingerprint density at radius 1 is 0.971 bits per heavy atom. The average molecular weight is 496 g/mol. The van der Waals surface area contributed by atoms with Crippen LogP contribution in [0.2, 0.25) is 0 Å². The molecular weight excluding hydrogens is 466 g/mol. The van der Waals surface area contributed by atoms with Crippen LogP contribution in [-0.2, 0) is 16.4 Å². The molecule has 1 aliphatic rings. The zero-order valence-electron chi connectivity index (χ0n) is 19.7. The van der Waals surface area contributed by atoms with E-state index >= 15 is 0 Å². The van der Waals surface area contributed by atoms with Crippen molar-refractivity contribution in [2.24, 2.45) is 0 Å². The van der Waals surface area contributed by atoms with Crippen LogP contribution in [0.15, 0.2) is 72.8 Å². The van der Waals surface area contributed by atoms with E-state index in [0.29, 0.717) is 30.2 Å². The van der Waals surface area contributed by atoms with Gasteiger partial charge in [-0.25, -0.2) is 13.2 Å². The molecule has 3 aromatic carbocycles. The van der Waals surface area contributed by atoms with Crippen LogP contribution in [0.5, 0.6) is 11.5 Å². The Morgan fingerprint density at radius 3 is 2.26 bits per heavy atom. The number of amides is 2. The first-order chi connectivity index (χ1) is 16.9. The summed E-state index contributed by atoms with van der Waals surface area (Å²) in [6, 6.07) is 21.6. The summed E-state index contributed by atoms with van der Waals surface area (Å²) < 4.78 is 38.4. The van der Waals surface area contributed by atoms with Crippen LogP contribution >= 0.6 is 0 Å². The normalized spacial score (nSPS) is 15.1. The summed E-state index contributed by atoms with van der Waals surface area (Å²) in [4.78, 5) is 15.0. The zero-order valence-corrected chi connectivity index (χ0v) is 20.5. The van der Waals surface area contributed by atoms with Crippen molar-refractivity contribution in [3.63, 3.8) is 0 Å². The smallest absolute Gasteiger partial charge is 0.318 e. The predicted octanol–water partition coefficient (Wildman–Crippen LogP) is 3.80. The largest absolute Gasteiger partial charge is 0.493 e. The number of sulfonamides is 1. The minimum absolute atomic E-state index is 0.0161. The zero-order chi connectivity index (χ0) is 24.8. The first-order valence-corrected chi connectivity index (χ1v) is 13.0. The number of benzene rings is 3. The monoisotopic (exact) mass is 495 g/mol. The van der Waals surface area contributed by atoms with Gasteiger partial charge in [-0.15, -0.1) is 0 Å². The van der Waals surface area contributed by atoms with E-state index in [1.54, 1.807) is 43.4 Å². The summed E-state index contributed by atoms with van der Waals surface area (Å²) >= 11 is 0. The molecule has 0 saturated carbocycles. The third-order valence-corrected chi connectivity index (χ3v) is 7.23. The predicted molar refractivity (Wildman–Crippen MR) is 135 cm³/mol. The molecule has 0 saturated heterocycles. The van der Waals surface area contributed by atoms with E-state index < -0.39 is 10.0 Å². The highest BCUT2D eigenvalue weighted by atomic mass is 32.2. The minimum Gasteiger partial charge on any atom is -0.493 e. The van der Waals surface area contributed by atoms with Crippen LogP contribution in [0.25, 0.3) is 0 Å². The van der Waals surface area contributed by atoms with Crippen LogP contribution in [0.1, 0.15) is 22.7 Å². The van der Waals surface area contributed by atoms with Gasteiger partial charge in [0.15, 0.2) is 11.5 Å². The molecule has 0 aliphatic carbocycles. The number of nitrogens with zero attached hydrogens (tertiary/aromatic N) is 1. The second-order valence-electron chi connectivity index (χ2n) is 8.18. The Kier molecular flexibility index (Phi) is 7.45. The quantitative estimate of drug-likeness (QED) is 0.496. The number of hydrogen-bond donors (Lipinski definition) is 2. The van der Waals surface area contributed by atoms with E-state index in [-0.39, 0.29) is 24.4 Å². The second-order valence-corrected chi connectivity index (χ2v) is 10.0. The lowest BCUT2D eigenvalue weighted by Gasteiger charge is -2.38. The van der Waals surface area contributed by atoms with Crippen LogP contribution in [0, 0.1) is 0 Å². The van der Waals surface area contributed by atoms with E-state index in [9.17, 15) is 13.2 Å². The molecule has 0 bridgehead atoms. The molecule has 0 spiro atoms. The molecule has 1 atom stereocenters. The number of anilines is 1. The molecule has 1 unspecified atom stereocenters. The fourth-order valence-corrected chi connectivity index (χ4v) is 5.26. The number of para-hydroxylation sites is 1. The van der Waals surface area contributed by atoms with Gasteiger partial charge in [-0.2, -0.15) is 0 Å². The molecule has 4 rings (SSSR count). The van der Waals surface area contributed by atoms with Gasteiger partial charge in [-0.3, -0.25) is 4.72 Å². The number of ether oxygens (including phenoxy) is 2. The number of urea groups is 1. The maximum absolute atomic E-state index is 13.3. The molecule has 8 nitrogen and oxygen atoms in total. The number of carbonyl (C=O) groups excluding carboxylic acids is 1. The first-order valence-electron chi connectivity index (χ1n) is 11.3. The highest BCUT2D eigenvalue weighted by molar-refractivity contribution is 7.92. The third-order valence-electron chi connectivity index (χ3n) is 5.94. The van der Waals surface area contributed by atoms with Gasteiger partial charge in [0.25, 0.3) is 0 Å². The molecule has 0 radical (unpaired) electrons. The summed E-state index contributed by atoms with van der Waals surface area (Å²) in [5, 5.41) is 2.79. The Hall–Kier alpha value is -3.72. The van der Waals surface area contributed by atoms with Crippen LogP contribution < -0.4 is 19.5 Å². The number of hydrogen-bond acceptors (Lipinski definition) is 5. The number of fused-ring (bicyclic) bond motifs is 1. The SMILES string of the molecule is COc1cc2c(cc1OC)C(c1ccccc1)N(C(=O)NCCS(=O)(=O)Nc1ccccc1)CC2. The van der Waals surface area contributed by atoms with Crippen LogP contribution in [-0.4, -0.2) is 52.4 Å². The molecule has 0 fully saturated rings. The lowest BCUT2D eigenvalue weighted by molar-refractivity contribution is 0.180. The summed E-state index contributed by atoms with van der Waals surface area (Å²) in [5.74, 6) is 0.999. The standard InChI is InChI=1S/C26H29N3O5S/c1-33-23-17-20-13-15-29(25(19-9-5-3-6-10-19)22(20)18-24(23)34-2)26(30)27-14-16-35(31,32)28-21-11-7-4-8-12-21/h3-12,17-18,25,28H,13-16H2,1-2H3,(H,27,30). The summed E-state index contributed by atoms with van der Waals surface area (Å²) in [7, 11) is -0.424. The Balaban J connectivity index is 1.53. The van der Waals surface area contributed by atoms with Gasteiger partial charge in [0.05, 0.1) is 26.0 Å². The number of nitrogens with one attached hydrogen (secondary N) is 2. The summed E-state index contributed by atoms with van der Waals surface area (Å²) in [6.45, 7) is 0.459. The molecule has 1 heterocycles. The van der Waals surface area contributed by atoms with Crippen molar-refractivity contribution in [3.8, 4) is 11.5 Å². The van der Waals surface area contributed by atoms with E-state index in [4.69, 9.17) is 9.47 Å². The number of rotatable bonds is 8. The molecule has 3 aromatic rings. The first kappa shape index (κ1) is 24.4. The highest BCUT2D eigenvalue weighted by Crippen LogP contribution is 2.40. The number of methoxy groups -OCH3 is 2. The Labute approximate surface area is 205 Å². The Morgan fingerprint density at radius 2 is 1.60 bits per heavy atom. The molecule has 1 aliphatic heterocycles. The fraction of sp³-hybridized carbons (Fsp3) is 0.269. The summed E-state index contributed by atoms with van der Waals surface area (Å²) in [5.41, 5.74) is 3.47. The van der Waals surface area contributed by atoms with Crippen molar-refractivity contribution >= 4 is 21.7 Å². The maximum Gasteiger partial charge on any atom is 0.318 e. The van der Waals surface area contributed by atoms with Crippen molar-refractivity contribution in [1.82, 2.24) is 10.2 Å². The van der Waals surface area contributed by atoms with Crippen LogP contribution in [0.4, 0.5) is 10.5 Å². The van der Waals surface area contributed by atoms with Crippen molar-refractivity contribution in [2.45, 2.75) is 12.5 Å². The van der Waals surface area contributed by atoms with Gasteiger partial charge in [0.2, 0.25) is 10.0 Å². The van der Waals surface area contributed by atoms with Crippen LogP contribution in [0.3, 0.4) is 0 Å². The minimum atomic E-state index is -3.61. The van der Waals surface area contributed by atoms with E-state index in [1.165, 1.54) is 0 Å². The molecule has 2 N–H and O–H groups in total. The van der Waals surface area contributed by atoms with E-state index in [2.05, 4.69) is 10.0 Å². The van der Waals surface area contributed by atoms with Gasteiger partial charge < -0.3 is 19.7 Å². The molecule has 35 heavy (non-hydrogen) atoms. The number of carbonyl (C=O) groups is 1. The Bertz CT molecular complexity index is 1270. The van der Waals surface area contributed by atoms with Gasteiger partial charge in [0.1, 0.15) is 0 Å². The molecule has 0 aromatic heterocycles.